The Kier molecular flexibility index (Phi) is 5.16. The first kappa shape index (κ1) is 18.7. The van der Waals surface area contributed by atoms with Gasteiger partial charge in [0, 0.05) is 11.4 Å². The molecule has 0 radical (unpaired) electrons. The molecule has 0 saturated heterocycles. The second kappa shape index (κ2) is 7.74. The molecule has 2 aromatic rings. The Morgan fingerprint density at radius 3 is 2.86 bits per heavy atom. The molecule has 1 aliphatic carbocycles. The minimum atomic E-state index is -0.491. The first-order valence-corrected chi connectivity index (χ1v) is 10.2. The third kappa shape index (κ3) is 3.41. The van der Waals surface area contributed by atoms with Crippen molar-refractivity contribution in [3.8, 4) is 6.07 Å². The third-order valence-corrected chi connectivity index (χ3v) is 6.66. The lowest BCUT2D eigenvalue weighted by Crippen LogP contribution is -2.49. The number of nitrogens with one attached hydrogen (secondary N) is 1. The summed E-state index contributed by atoms with van der Waals surface area (Å²) in [5.41, 5.74) is 3.90. The fourth-order valence-corrected chi connectivity index (χ4v) is 5.33. The first-order chi connectivity index (χ1) is 13.6. The quantitative estimate of drug-likeness (QED) is 0.805. The van der Waals surface area contributed by atoms with E-state index in [1.165, 1.54) is 23.3 Å². The number of rotatable bonds is 4. The number of benzene rings is 1. The maximum absolute atomic E-state index is 12.7. The lowest BCUT2D eigenvalue weighted by molar-refractivity contribution is -0.148. The Balaban J connectivity index is 1.52. The molecule has 0 bridgehead atoms. The summed E-state index contributed by atoms with van der Waals surface area (Å²) in [7, 11) is 1.37. The highest BCUT2D eigenvalue weighted by molar-refractivity contribution is 7.16. The van der Waals surface area contributed by atoms with Gasteiger partial charge < -0.3 is 10.1 Å². The fourth-order valence-electron chi connectivity index (χ4n) is 4.07. The summed E-state index contributed by atoms with van der Waals surface area (Å²) in [6, 6.07) is 9.69. The summed E-state index contributed by atoms with van der Waals surface area (Å²) in [4.78, 5) is 28.1. The summed E-state index contributed by atoms with van der Waals surface area (Å²) in [5.74, 6) is -0.556. The van der Waals surface area contributed by atoms with E-state index >= 15 is 0 Å². The van der Waals surface area contributed by atoms with E-state index in [0.717, 1.165) is 36.0 Å². The molecule has 0 fully saturated rings. The van der Waals surface area contributed by atoms with Crippen LogP contribution in [0.25, 0.3) is 0 Å². The molecular formula is C21H21N3O3S. The number of amides is 1. The monoisotopic (exact) mass is 395 g/mol. The number of esters is 1. The molecule has 4 rings (SSSR count). The van der Waals surface area contributed by atoms with Crippen LogP contribution in [-0.4, -0.2) is 36.5 Å². The highest BCUT2D eigenvalue weighted by Crippen LogP contribution is 2.38. The molecule has 2 aliphatic rings. The molecule has 1 aromatic heterocycles. The van der Waals surface area contributed by atoms with Crippen LogP contribution in [0.3, 0.4) is 0 Å². The SMILES string of the molecule is COC(=O)[C@@H]1Cc2ccccc2CN1CC(=O)Nc1sc2c(c1C#N)CCC2. The molecule has 0 unspecified atom stereocenters. The van der Waals surface area contributed by atoms with Crippen LogP contribution in [0.2, 0.25) is 0 Å². The molecule has 6 nitrogen and oxygen atoms in total. The topological polar surface area (TPSA) is 82.4 Å². The van der Waals surface area contributed by atoms with Crippen LogP contribution in [0.5, 0.6) is 0 Å². The Morgan fingerprint density at radius 1 is 1.32 bits per heavy atom. The average Bonchev–Trinajstić information content (AvgIpc) is 3.27. The summed E-state index contributed by atoms with van der Waals surface area (Å²) in [6.07, 6.45) is 3.46. The second-order valence-corrected chi connectivity index (χ2v) is 8.24. The van der Waals surface area contributed by atoms with Crippen molar-refractivity contribution in [2.45, 2.75) is 38.3 Å². The zero-order chi connectivity index (χ0) is 19.7. The van der Waals surface area contributed by atoms with Crippen molar-refractivity contribution in [2.24, 2.45) is 0 Å². The number of methoxy groups -OCH3 is 1. The van der Waals surface area contributed by atoms with Crippen LogP contribution in [0.15, 0.2) is 24.3 Å². The number of thiophene rings is 1. The van der Waals surface area contributed by atoms with E-state index in [4.69, 9.17) is 4.74 Å². The molecule has 1 aliphatic heterocycles. The highest BCUT2D eigenvalue weighted by atomic mass is 32.1. The summed E-state index contributed by atoms with van der Waals surface area (Å²) >= 11 is 1.50. The predicted molar refractivity (Wildman–Crippen MR) is 106 cm³/mol. The number of aryl methyl sites for hydroxylation is 1. The van der Waals surface area contributed by atoms with Gasteiger partial charge in [-0.15, -0.1) is 11.3 Å². The van der Waals surface area contributed by atoms with Crippen LogP contribution in [0.4, 0.5) is 5.00 Å². The van der Waals surface area contributed by atoms with Gasteiger partial charge in [-0.25, -0.2) is 0 Å². The maximum atomic E-state index is 12.7. The number of anilines is 1. The van der Waals surface area contributed by atoms with E-state index in [1.807, 2.05) is 29.2 Å². The van der Waals surface area contributed by atoms with Gasteiger partial charge in [0.1, 0.15) is 17.1 Å². The molecule has 1 N–H and O–H groups in total. The van der Waals surface area contributed by atoms with Crippen molar-refractivity contribution in [3.05, 3.63) is 51.4 Å². The number of ether oxygens (including phenoxy) is 1. The van der Waals surface area contributed by atoms with E-state index in [0.29, 0.717) is 23.5 Å². The number of nitrogens with zero attached hydrogens (tertiary/aromatic N) is 2. The van der Waals surface area contributed by atoms with Gasteiger partial charge in [0.15, 0.2) is 0 Å². The van der Waals surface area contributed by atoms with Crippen LogP contribution < -0.4 is 5.32 Å². The van der Waals surface area contributed by atoms with E-state index in [2.05, 4.69) is 11.4 Å². The molecule has 144 valence electrons. The summed E-state index contributed by atoms with van der Waals surface area (Å²) < 4.78 is 4.96. The van der Waals surface area contributed by atoms with Crippen LogP contribution in [0.1, 0.15) is 33.6 Å². The number of nitriles is 1. The Morgan fingerprint density at radius 2 is 2.11 bits per heavy atom. The lowest BCUT2D eigenvalue weighted by Gasteiger charge is -2.34. The predicted octanol–water partition coefficient (Wildman–Crippen LogP) is 2.65. The molecule has 0 spiro atoms. The van der Waals surface area contributed by atoms with Gasteiger partial charge in [0.05, 0.1) is 19.2 Å². The van der Waals surface area contributed by atoms with Crippen molar-refractivity contribution in [3.63, 3.8) is 0 Å². The van der Waals surface area contributed by atoms with Gasteiger partial charge in [-0.05, 0) is 42.4 Å². The van der Waals surface area contributed by atoms with Crippen LogP contribution in [0, 0.1) is 11.3 Å². The zero-order valence-corrected chi connectivity index (χ0v) is 16.5. The Hall–Kier alpha value is -2.69. The Bertz CT molecular complexity index is 976. The van der Waals surface area contributed by atoms with E-state index < -0.39 is 6.04 Å². The molecule has 7 heteroatoms. The summed E-state index contributed by atoms with van der Waals surface area (Å²) in [6.45, 7) is 0.580. The zero-order valence-electron chi connectivity index (χ0n) is 15.7. The van der Waals surface area contributed by atoms with Gasteiger partial charge in [0.2, 0.25) is 5.91 Å². The number of hydrogen-bond donors (Lipinski definition) is 1. The van der Waals surface area contributed by atoms with E-state index in [-0.39, 0.29) is 18.4 Å². The molecule has 1 atom stereocenters. The standard InChI is InChI=1S/C21H21N3O3S/c1-27-21(26)17-9-13-5-2-3-6-14(13)11-24(17)12-19(25)23-20-16(10-22)15-7-4-8-18(15)28-20/h2-3,5-6,17H,4,7-9,11-12H2,1H3,(H,23,25)/t17-/m0/s1. The van der Waals surface area contributed by atoms with Gasteiger partial charge in [-0.2, -0.15) is 5.26 Å². The van der Waals surface area contributed by atoms with Crippen LogP contribution >= 0.6 is 11.3 Å². The third-order valence-electron chi connectivity index (χ3n) is 5.45. The van der Waals surface area contributed by atoms with Crippen molar-refractivity contribution in [2.75, 3.05) is 19.0 Å². The largest absolute Gasteiger partial charge is 0.468 e. The van der Waals surface area contributed by atoms with Gasteiger partial charge in [-0.3, -0.25) is 14.5 Å². The molecule has 2 heterocycles. The molecule has 0 saturated carbocycles. The Labute approximate surface area is 167 Å². The fraction of sp³-hybridized carbons (Fsp3) is 0.381. The van der Waals surface area contributed by atoms with Gasteiger partial charge in [0.25, 0.3) is 0 Å². The smallest absolute Gasteiger partial charge is 0.323 e. The summed E-state index contributed by atoms with van der Waals surface area (Å²) in [5, 5.41) is 13.0. The second-order valence-electron chi connectivity index (χ2n) is 7.14. The highest BCUT2D eigenvalue weighted by Gasteiger charge is 2.33. The molecule has 28 heavy (non-hydrogen) atoms. The average molecular weight is 395 g/mol. The maximum Gasteiger partial charge on any atom is 0.323 e. The lowest BCUT2D eigenvalue weighted by atomic mass is 9.94. The number of fused-ring (bicyclic) bond motifs is 2. The van der Waals surface area contributed by atoms with Gasteiger partial charge in [-0.1, -0.05) is 24.3 Å². The van der Waals surface area contributed by atoms with E-state index in [1.54, 1.807) is 0 Å². The van der Waals surface area contributed by atoms with E-state index in [9.17, 15) is 14.9 Å². The van der Waals surface area contributed by atoms with Crippen molar-refractivity contribution < 1.29 is 14.3 Å². The minimum Gasteiger partial charge on any atom is -0.468 e. The first-order valence-electron chi connectivity index (χ1n) is 9.34. The number of hydrogen-bond acceptors (Lipinski definition) is 6. The molecule has 1 amide bonds. The minimum absolute atomic E-state index is 0.0710. The normalized spacial score (nSPS) is 18.1. The number of carbonyl (C=O) groups excluding carboxylic acids is 2. The molecular weight excluding hydrogens is 374 g/mol. The van der Waals surface area contributed by atoms with Crippen LogP contribution in [-0.2, 0) is 40.1 Å². The number of carbonyl (C=O) groups is 2. The van der Waals surface area contributed by atoms with Crippen molar-refractivity contribution >= 4 is 28.2 Å². The van der Waals surface area contributed by atoms with Crippen molar-refractivity contribution in [1.29, 1.82) is 5.26 Å². The van der Waals surface area contributed by atoms with Gasteiger partial charge >= 0.3 is 5.97 Å². The molecule has 1 aromatic carbocycles. The van der Waals surface area contributed by atoms with Crippen molar-refractivity contribution in [1.82, 2.24) is 4.90 Å².